The number of nitrogens with zero attached hydrogens (tertiary/aromatic N) is 4. The molecule has 2 N–H and O–H groups in total. The fourth-order valence-corrected chi connectivity index (χ4v) is 3.03. The van der Waals surface area contributed by atoms with Gasteiger partial charge in [-0.1, -0.05) is 15.9 Å². The van der Waals surface area contributed by atoms with Gasteiger partial charge in [0.1, 0.15) is 6.33 Å². The number of aryl methyl sites for hydroxylation is 2. The van der Waals surface area contributed by atoms with Gasteiger partial charge in [0.15, 0.2) is 0 Å². The minimum absolute atomic E-state index is 0.123. The molecule has 0 atom stereocenters. The summed E-state index contributed by atoms with van der Waals surface area (Å²) in [5.41, 5.74) is 3.71. The number of tetrazole rings is 1. The quantitative estimate of drug-likeness (QED) is 0.649. The van der Waals surface area contributed by atoms with Gasteiger partial charge in [-0.15, -0.1) is 5.10 Å². The molecule has 0 aliphatic carbocycles. The Labute approximate surface area is 164 Å². The van der Waals surface area contributed by atoms with Gasteiger partial charge in [0.25, 0.3) is 5.91 Å². The predicted octanol–water partition coefficient (Wildman–Crippen LogP) is 2.41. The molecule has 0 aliphatic rings. The Hall–Kier alpha value is -3.07. The van der Waals surface area contributed by atoms with Gasteiger partial charge in [-0.2, -0.15) is 0 Å². The summed E-state index contributed by atoms with van der Waals surface area (Å²) in [7, 11) is 0. The van der Waals surface area contributed by atoms with Gasteiger partial charge in [-0.3, -0.25) is 9.59 Å². The van der Waals surface area contributed by atoms with Crippen LogP contribution in [0.25, 0.3) is 5.69 Å². The number of rotatable bonds is 5. The number of carbonyl (C=O) groups excluding carboxylic acids is 2. The van der Waals surface area contributed by atoms with Gasteiger partial charge in [0.05, 0.1) is 12.2 Å². The van der Waals surface area contributed by atoms with Crippen LogP contribution < -0.4 is 10.6 Å². The highest BCUT2D eigenvalue weighted by atomic mass is 79.9. The minimum Gasteiger partial charge on any atom is -0.343 e. The van der Waals surface area contributed by atoms with E-state index in [0.29, 0.717) is 11.3 Å². The fraction of sp³-hybridized carbons (Fsp3) is 0.167. The summed E-state index contributed by atoms with van der Waals surface area (Å²) < 4.78 is 2.46. The number of nitrogens with one attached hydrogen (secondary N) is 2. The summed E-state index contributed by atoms with van der Waals surface area (Å²) in [5.74, 6) is -0.625. The van der Waals surface area contributed by atoms with E-state index in [4.69, 9.17) is 0 Å². The first-order chi connectivity index (χ1) is 12.9. The van der Waals surface area contributed by atoms with Crippen LogP contribution in [0.1, 0.15) is 21.5 Å². The third-order valence-electron chi connectivity index (χ3n) is 3.93. The summed E-state index contributed by atoms with van der Waals surface area (Å²) in [6.07, 6.45) is 1.48. The molecule has 0 spiro atoms. The third kappa shape index (κ3) is 4.56. The molecule has 2 amide bonds. The third-order valence-corrected chi connectivity index (χ3v) is 4.42. The summed E-state index contributed by atoms with van der Waals surface area (Å²) in [4.78, 5) is 24.4. The summed E-state index contributed by atoms with van der Waals surface area (Å²) in [5, 5.41) is 16.4. The molecule has 0 unspecified atom stereocenters. The monoisotopic (exact) mass is 428 g/mol. The molecule has 3 aromatic rings. The average Bonchev–Trinajstić information content (AvgIpc) is 3.16. The summed E-state index contributed by atoms with van der Waals surface area (Å²) in [6, 6.07) is 10.7. The first-order valence-corrected chi connectivity index (χ1v) is 8.91. The second-order valence-electron chi connectivity index (χ2n) is 5.95. The van der Waals surface area contributed by atoms with E-state index in [0.717, 1.165) is 21.3 Å². The molecule has 138 valence electrons. The van der Waals surface area contributed by atoms with Crippen LogP contribution in [-0.4, -0.2) is 38.6 Å². The van der Waals surface area contributed by atoms with Crippen molar-refractivity contribution in [3.05, 3.63) is 63.9 Å². The minimum atomic E-state index is -0.330. The largest absolute Gasteiger partial charge is 0.343 e. The van der Waals surface area contributed by atoms with Crippen molar-refractivity contribution >= 4 is 33.4 Å². The Morgan fingerprint density at radius 2 is 1.93 bits per heavy atom. The number of carbonyl (C=O) groups is 2. The second-order valence-corrected chi connectivity index (χ2v) is 6.86. The first-order valence-electron chi connectivity index (χ1n) is 8.12. The van der Waals surface area contributed by atoms with E-state index in [2.05, 4.69) is 42.1 Å². The number of anilines is 1. The molecular weight excluding hydrogens is 412 g/mol. The molecule has 27 heavy (non-hydrogen) atoms. The van der Waals surface area contributed by atoms with Crippen LogP contribution in [0.3, 0.4) is 0 Å². The van der Waals surface area contributed by atoms with Gasteiger partial charge in [0.2, 0.25) is 5.91 Å². The van der Waals surface area contributed by atoms with Crippen LogP contribution in [0.5, 0.6) is 0 Å². The molecular formula is C18H17BrN6O2. The smallest absolute Gasteiger partial charge is 0.251 e. The Bertz CT molecular complexity index is 988. The van der Waals surface area contributed by atoms with E-state index in [1.165, 1.54) is 11.0 Å². The fourth-order valence-electron chi connectivity index (χ4n) is 2.55. The van der Waals surface area contributed by atoms with Crippen LogP contribution in [-0.2, 0) is 4.79 Å². The van der Waals surface area contributed by atoms with Crippen LogP contribution in [0.4, 0.5) is 5.69 Å². The second kappa shape index (κ2) is 8.09. The van der Waals surface area contributed by atoms with Crippen LogP contribution in [0, 0.1) is 13.8 Å². The number of hydrogen-bond acceptors (Lipinski definition) is 5. The number of aromatic nitrogens is 4. The molecule has 0 aliphatic heterocycles. The van der Waals surface area contributed by atoms with Gasteiger partial charge < -0.3 is 10.6 Å². The molecule has 0 fully saturated rings. The van der Waals surface area contributed by atoms with Gasteiger partial charge in [-0.05, 0) is 71.8 Å². The predicted molar refractivity (Wildman–Crippen MR) is 104 cm³/mol. The molecule has 0 radical (unpaired) electrons. The maximum absolute atomic E-state index is 12.3. The number of halogens is 1. The lowest BCUT2D eigenvalue weighted by molar-refractivity contribution is -0.115. The average molecular weight is 429 g/mol. The zero-order valence-electron chi connectivity index (χ0n) is 14.7. The van der Waals surface area contributed by atoms with Crippen molar-refractivity contribution in [3.63, 3.8) is 0 Å². The standard InChI is InChI=1S/C18H17BrN6O2/c1-11-8-14(19)4-5-15(11)22-17(26)9-20-18(27)13-3-6-16(12(2)7-13)25-10-21-23-24-25/h3-8,10H,9H2,1-2H3,(H,20,27)(H,22,26). The highest BCUT2D eigenvalue weighted by Gasteiger charge is 2.11. The molecule has 0 saturated carbocycles. The lowest BCUT2D eigenvalue weighted by Crippen LogP contribution is -2.33. The molecule has 8 nitrogen and oxygen atoms in total. The zero-order chi connectivity index (χ0) is 19.4. The molecule has 3 rings (SSSR count). The maximum Gasteiger partial charge on any atom is 0.251 e. The van der Waals surface area contributed by atoms with E-state index in [1.807, 2.05) is 26.0 Å². The molecule has 0 saturated heterocycles. The van der Waals surface area contributed by atoms with Crippen LogP contribution in [0.15, 0.2) is 47.2 Å². The lowest BCUT2D eigenvalue weighted by atomic mass is 10.1. The molecule has 0 bridgehead atoms. The van der Waals surface area contributed by atoms with Crippen molar-refractivity contribution in [2.45, 2.75) is 13.8 Å². The van der Waals surface area contributed by atoms with Gasteiger partial charge in [0, 0.05) is 15.7 Å². The molecule has 9 heteroatoms. The normalized spacial score (nSPS) is 10.5. The van der Waals surface area contributed by atoms with Crippen molar-refractivity contribution in [1.29, 1.82) is 0 Å². The Kier molecular flexibility index (Phi) is 5.60. The summed E-state index contributed by atoms with van der Waals surface area (Å²) >= 11 is 3.38. The molecule has 2 aromatic carbocycles. The van der Waals surface area contributed by atoms with Gasteiger partial charge >= 0.3 is 0 Å². The van der Waals surface area contributed by atoms with E-state index in [-0.39, 0.29) is 18.4 Å². The van der Waals surface area contributed by atoms with Crippen molar-refractivity contribution in [2.75, 3.05) is 11.9 Å². The van der Waals surface area contributed by atoms with Crippen molar-refractivity contribution in [1.82, 2.24) is 25.5 Å². The SMILES string of the molecule is Cc1cc(Br)ccc1NC(=O)CNC(=O)c1ccc(-n2cnnn2)c(C)c1. The maximum atomic E-state index is 12.3. The van der Waals surface area contributed by atoms with Crippen molar-refractivity contribution < 1.29 is 9.59 Å². The Morgan fingerprint density at radius 1 is 1.11 bits per heavy atom. The van der Waals surface area contributed by atoms with E-state index in [1.54, 1.807) is 24.3 Å². The van der Waals surface area contributed by atoms with E-state index >= 15 is 0 Å². The lowest BCUT2D eigenvalue weighted by Gasteiger charge is -2.10. The highest BCUT2D eigenvalue weighted by molar-refractivity contribution is 9.10. The van der Waals surface area contributed by atoms with Crippen LogP contribution >= 0.6 is 15.9 Å². The van der Waals surface area contributed by atoms with Crippen molar-refractivity contribution in [3.8, 4) is 5.69 Å². The zero-order valence-corrected chi connectivity index (χ0v) is 16.3. The van der Waals surface area contributed by atoms with E-state index in [9.17, 15) is 9.59 Å². The van der Waals surface area contributed by atoms with E-state index < -0.39 is 0 Å². The number of benzene rings is 2. The van der Waals surface area contributed by atoms with Crippen molar-refractivity contribution in [2.24, 2.45) is 0 Å². The first kappa shape index (κ1) is 18.7. The topological polar surface area (TPSA) is 102 Å². The molecule has 1 heterocycles. The number of amides is 2. The number of hydrogen-bond donors (Lipinski definition) is 2. The van der Waals surface area contributed by atoms with Gasteiger partial charge in [-0.25, -0.2) is 4.68 Å². The highest BCUT2D eigenvalue weighted by Crippen LogP contribution is 2.20. The molecule has 1 aromatic heterocycles. The Morgan fingerprint density at radius 3 is 2.59 bits per heavy atom. The van der Waals surface area contributed by atoms with Crippen LogP contribution in [0.2, 0.25) is 0 Å². The Balaban J connectivity index is 1.60. The summed E-state index contributed by atoms with van der Waals surface area (Å²) in [6.45, 7) is 3.63.